The minimum Gasteiger partial charge on any atom is -0.376 e. The van der Waals surface area contributed by atoms with Gasteiger partial charge in [0.05, 0.1) is 5.60 Å². The van der Waals surface area contributed by atoms with Crippen molar-refractivity contribution >= 4 is 0 Å². The summed E-state index contributed by atoms with van der Waals surface area (Å²) in [7, 11) is 0. The molecule has 2 heteroatoms. The van der Waals surface area contributed by atoms with Crippen molar-refractivity contribution in [3.05, 3.63) is 0 Å². The predicted molar refractivity (Wildman–Crippen MR) is 62.7 cm³/mol. The molecule has 0 aliphatic heterocycles. The van der Waals surface area contributed by atoms with Crippen LogP contribution < -0.4 is 5.32 Å². The van der Waals surface area contributed by atoms with Crippen molar-refractivity contribution in [1.82, 2.24) is 5.32 Å². The smallest absolute Gasteiger partial charge is 0.0623 e. The monoisotopic (exact) mass is 201 g/mol. The molecular formula is C12H27NO. The highest BCUT2D eigenvalue weighted by molar-refractivity contribution is 4.64. The Morgan fingerprint density at radius 1 is 1.07 bits per heavy atom. The van der Waals surface area contributed by atoms with E-state index in [1.807, 2.05) is 0 Å². The van der Waals surface area contributed by atoms with Gasteiger partial charge in [0.25, 0.3) is 0 Å². The highest BCUT2D eigenvalue weighted by atomic mass is 16.5. The van der Waals surface area contributed by atoms with E-state index in [4.69, 9.17) is 4.74 Å². The summed E-state index contributed by atoms with van der Waals surface area (Å²) in [4.78, 5) is 0. The molecule has 86 valence electrons. The van der Waals surface area contributed by atoms with E-state index in [0.717, 1.165) is 26.1 Å². The molecule has 2 nitrogen and oxygen atoms in total. The van der Waals surface area contributed by atoms with Crippen molar-refractivity contribution in [2.24, 2.45) is 0 Å². The molecule has 0 saturated heterocycles. The second-order valence-corrected chi connectivity index (χ2v) is 4.42. The highest BCUT2D eigenvalue weighted by Crippen LogP contribution is 2.13. The Kier molecular flexibility index (Phi) is 8.20. The third kappa shape index (κ3) is 8.52. The van der Waals surface area contributed by atoms with Crippen LogP contribution in [0.25, 0.3) is 0 Å². The summed E-state index contributed by atoms with van der Waals surface area (Å²) >= 11 is 0. The summed E-state index contributed by atoms with van der Waals surface area (Å²) in [5, 5.41) is 3.39. The molecule has 0 aromatic heterocycles. The molecule has 0 aromatic rings. The Balaban J connectivity index is 3.13. The normalized spacial score (nSPS) is 12.0. The van der Waals surface area contributed by atoms with E-state index in [1.165, 1.54) is 19.3 Å². The largest absolute Gasteiger partial charge is 0.376 e. The fourth-order valence-corrected chi connectivity index (χ4v) is 1.10. The van der Waals surface area contributed by atoms with Crippen molar-refractivity contribution in [2.75, 3.05) is 19.7 Å². The predicted octanol–water partition coefficient (Wildman–Crippen LogP) is 2.97. The van der Waals surface area contributed by atoms with Gasteiger partial charge in [0, 0.05) is 6.61 Å². The standard InChI is InChI=1S/C12H27NO/c1-5-9-13-10-7-8-11-14-12(3,4)6-2/h13H,5-11H2,1-4H3. The molecule has 0 unspecified atom stereocenters. The SMILES string of the molecule is CCCNCCCCOC(C)(C)CC. The zero-order valence-electron chi connectivity index (χ0n) is 10.4. The molecule has 1 N–H and O–H groups in total. The van der Waals surface area contributed by atoms with E-state index in [2.05, 4.69) is 33.0 Å². The van der Waals surface area contributed by atoms with E-state index >= 15 is 0 Å². The molecule has 0 heterocycles. The summed E-state index contributed by atoms with van der Waals surface area (Å²) < 4.78 is 5.76. The van der Waals surface area contributed by atoms with Crippen LogP contribution in [-0.2, 0) is 4.74 Å². The first-order valence-corrected chi connectivity index (χ1v) is 5.97. The number of hydrogen-bond acceptors (Lipinski definition) is 2. The fraction of sp³-hybridized carbons (Fsp3) is 1.00. The molecule has 0 aromatic carbocycles. The number of unbranched alkanes of at least 4 members (excludes halogenated alkanes) is 1. The van der Waals surface area contributed by atoms with Gasteiger partial charge in [-0.25, -0.2) is 0 Å². The van der Waals surface area contributed by atoms with Gasteiger partial charge >= 0.3 is 0 Å². The topological polar surface area (TPSA) is 21.3 Å². The van der Waals surface area contributed by atoms with Crippen molar-refractivity contribution in [3.8, 4) is 0 Å². The summed E-state index contributed by atoms with van der Waals surface area (Å²) in [6.45, 7) is 11.8. The van der Waals surface area contributed by atoms with E-state index in [0.29, 0.717) is 0 Å². The lowest BCUT2D eigenvalue weighted by Crippen LogP contribution is -2.24. The van der Waals surface area contributed by atoms with Gasteiger partial charge in [0.2, 0.25) is 0 Å². The number of ether oxygens (including phenoxy) is 1. The Morgan fingerprint density at radius 3 is 2.36 bits per heavy atom. The van der Waals surface area contributed by atoms with Crippen LogP contribution in [0.4, 0.5) is 0 Å². The molecular weight excluding hydrogens is 174 g/mol. The molecule has 0 spiro atoms. The Labute approximate surface area is 89.4 Å². The Bertz CT molecular complexity index is 123. The molecule has 0 amide bonds. The molecule has 0 rings (SSSR count). The number of rotatable bonds is 9. The minimum absolute atomic E-state index is 0.0663. The van der Waals surface area contributed by atoms with E-state index in [1.54, 1.807) is 0 Å². The van der Waals surface area contributed by atoms with Crippen molar-refractivity contribution < 1.29 is 4.74 Å². The quantitative estimate of drug-likeness (QED) is 0.579. The Hall–Kier alpha value is -0.0800. The van der Waals surface area contributed by atoms with Crippen LogP contribution in [0.3, 0.4) is 0 Å². The van der Waals surface area contributed by atoms with Crippen LogP contribution in [0, 0.1) is 0 Å². The summed E-state index contributed by atoms with van der Waals surface area (Å²) in [6.07, 6.45) is 4.69. The lowest BCUT2D eigenvalue weighted by Gasteiger charge is -2.23. The van der Waals surface area contributed by atoms with Crippen molar-refractivity contribution in [1.29, 1.82) is 0 Å². The first kappa shape index (κ1) is 13.9. The minimum atomic E-state index is 0.0663. The van der Waals surface area contributed by atoms with Gasteiger partial charge in [0.15, 0.2) is 0 Å². The zero-order valence-corrected chi connectivity index (χ0v) is 10.4. The third-order valence-electron chi connectivity index (χ3n) is 2.52. The van der Waals surface area contributed by atoms with Crippen LogP contribution in [0.15, 0.2) is 0 Å². The van der Waals surface area contributed by atoms with Gasteiger partial charge < -0.3 is 10.1 Å². The number of nitrogens with one attached hydrogen (secondary N) is 1. The van der Waals surface area contributed by atoms with Crippen LogP contribution in [0.2, 0.25) is 0 Å². The second kappa shape index (κ2) is 8.25. The third-order valence-corrected chi connectivity index (χ3v) is 2.52. The van der Waals surface area contributed by atoms with Gasteiger partial charge in [-0.05, 0) is 52.6 Å². The second-order valence-electron chi connectivity index (χ2n) is 4.42. The van der Waals surface area contributed by atoms with Crippen molar-refractivity contribution in [2.45, 2.75) is 59.0 Å². The van der Waals surface area contributed by atoms with E-state index in [9.17, 15) is 0 Å². The van der Waals surface area contributed by atoms with E-state index < -0.39 is 0 Å². The first-order chi connectivity index (χ1) is 6.62. The molecule has 0 aliphatic rings. The van der Waals surface area contributed by atoms with Crippen molar-refractivity contribution in [3.63, 3.8) is 0 Å². The van der Waals surface area contributed by atoms with Crippen LogP contribution in [-0.4, -0.2) is 25.3 Å². The maximum atomic E-state index is 5.76. The summed E-state index contributed by atoms with van der Waals surface area (Å²) in [6, 6.07) is 0. The first-order valence-electron chi connectivity index (χ1n) is 5.97. The lowest BCUT2D eigenvalue weighted by molar-refractivity contribution is -0.0214. The lowest BCUT2D eigenvalue weighted by atomic mass is 10.1. The Morgan fingerprint density at radius 2 is 1.79 bits per heavy atom. The summed E-state index contributed by atoms with van der Waals surface area (Å²) in [5.41, 5.74) is 0.0663. The number of hydrogen-bond donors (Lipinski definition) is 1. The maximum absolute atomic E-state index is 5.76. The van der Waals surface area contributed by atoms with Gasteiger partial charge in [-0.2, -0.15) is 0 Å². The maximum Gasteiger partial charge on any atom is 0.0623 e. The zero-order chi connectivity index (χ0) is 10.9. The van der Waals surface area contributed by atoms with E-state index in [-0.39, 0.29) is 5.60 Å². The molecule has 0 fully saturated rings. The average Bonchev–Trinajstić information content (AvgIpc) is 2.16. The van der Waals surface area contributed by atoms with Gasteiger partial charge in [-0.3, -0.25) is 0 Å². The van der Waals surface area contributed by atoms with Gasteiger partial charge in [-0.15, -0.1) is 0 Å². The molecule has 0 radical (unpaired) electrons. The average molecular weight is 201 g/mol. The van der Waals surface area contributed by atoms with Gasteiger partial charge in [-0.1, -0.05) is 13.8 Å². The van der Waals surface area contributed by atoms with Gasteiger partial charge in [0.1, 0.15) is 0 Å². The summed E-state index contributed by atoms with van der Waals surface area (Å²) in [5.74, 6) is 0. The van der Waals surface area contributed by atoms with Crippen LogP contribution in [0.1, 0.15) is 53.4 Å². The fourth-order valence-electron chi connectivity index (χ4n) is 1.10. The van der Waals surface area contributed by atoms with Crippen LogP contribution >= 0.6 is 0 Å². The molecule has 0 atom stereocenters. The molecule has 0 saturated carbocycles. The van der Waals surface area contributed by atoms with Crippen LogP contribution in [0.5, 0.6) is 0 Å². The molecule has 14 heavy (non-hydrogen) atoms. The molecule has 0 bridgehead atoms. The highest BCUT2D eigenvalue weighted by Gasteiger charge is 2.13. The molecule has 0 aliphatic carbocycles.